The van der Waals surface area contributed by atoms with E-state index in [1.54, 1.807) is 48.5 Å². The zero-order chi connectivity index (χ0) is 19.3. The minimum atomic E-state index is -3.40. The van der Waals surface area contributed by atoms with Gasteiger partial charge in [-0.1, -0.05) is 30.3 Å². The second-order valence-corrected chi connectivity index (χ2v) is 8.60. The number of nitrogens with one attached hydrogen (secondary N) is 1. The molecule has 1 saturated heterocycles. The average Bonchev–Trinajstić information content (AvgIpc) is 3.22. The Morgan fingerprint density at radius 2 is 1.70 bits per heavy atom. The van der Waals surface area contributed by atoms with Gasteiger partial charge < -0.3 is 10.4 Å². The molecular formula is C20H24N2O4S. The first-order valence-corrected chi connectivity index (χ1v) is 10.5. The number of carbonyl (C=O) groups is 1. The van der Waals surface area contributed by atoms with Gasteiger partial charge in [0.25, 0.3) is 0 Å². The number of amides is 1. The van der Waals surface area contributed by atoms with E-state index in [9.17, 15) is 18.3 Å². The number of sulfonamides is 1. The summed E-state index contributed by atoms with van der Waals surface area (Å²) in [6.45, 7) is 1.45. The number of aryl methyl sites for hydroxylation is 1. The van der Waals surface area contributed by atoms with Crippen molar-refractivity contribution in [2.45, 2.75) is 37.1 Å². The number of benzene rings is 2. The summed E-state index contributed by atoms with van der Waals surface area (Å²) in [5.74, 6) is 0.0413. The molecule has 6 nitrogen and oxygen atoms in total. The van der Waals surface area contributed by atoms with Crippen molar-refractivity contribution in [1.29, 1.82) is 0 Å². The highest BCUT2D eigenvalue weighted by atomic mass is 32.2. The monoisotopic (exact) mass is 388 g/mol. The van der Waals surface area contributed by atoms with E-state index in [-0.39, 0.29) is 18.2 Å². The van der Waals surface area contributed by atoms with Crippen molar-refractivity contribution < 1.29 is 18.3 Å². The Bertz CT molecular complexity index is 888. The predicted octanol–water partition coefficient (Wildman–Crippen LogP) is 2.43. The summed E-state index contributed by atoms with van der Waals surface area (Å²) in [5, 5.41) is 12.5. The fourth-order valence-electron chi connectivity index (χ4n) is 3.11. The lowest BCUT2D eigenvalue weighted by atomic mass is 10.1. The molecule has 0 aliphatic carbocycles. The third-order valence-corrected chi connectivity index (χ3v) is 6.65. The molecule has 3 rings (SSSR count). The lowest BCUT2D eigenvalue weighted by Crippen LogP contribution is -2.27. The third-order valence-electron chi connectivity index (χ3n) is 4.73. The van der Waals surface area contributed by atoms with Crippen molar-refractivity contribution in [2.24, 2.45) is 0 Å². The number of hydrogen-bond acceptors (Lipinski definition) is 4. The molecule has 0 saturated carbocycles. The number of para-hydroxylation sites is 1. The standard InChI is InChI=1S/C20H24N2O4S/c23-19-6-2-1-5-17(19)15-21-20(24)12-9-16-7-10-18(11-8-16)27(25,26)22-13-3-4-14-22/h1-2,5-8,10-11,23H,3-4,9,12-15H2,(H,21,24). The van der Waals surface area contributed by atoms with Crippen molar-refractivity contribution in [3.8, 4) is 5.75 Å². The van der Waals surface area contributed by atoms with Gasteiger partial charge in [-0.15, -0.1) is 0 Å². The van der Waals surface area contributed by atoms with Gasteiger partial charge in [0.15, 0.2) is 0 Å². The summed E-state index contributed by atoms with van der Waals surface area (Å²) in [7, 11) is -3.40. The van der Waals surface area contributed by atoms with Gasteiger partial charge >= 0.3 is 0 Å². The van der Waals surface area contributed by atoms with E-state index in [0.29, 0.717) is 36.4 Å². The molecule has 1 aliphatic heterocycles. The number of phenols is 1. The molecule has 0 atom stereocenters. The maximum atomic E-state index is 12.5. The first-order valence-electron chi connectivity index (χ1n) is 9.09. The van der Waals surface area contributed by atoms with Crippen LogP contribution in [0, 0.1) is 0 Å². The average molecular weight is 388 g/mol. The molecule has 27 heavy (non-hydrogen) atoms. The first kappa shape index (κ1) is 19.4. The zero-order valence-corrected chi connectivity index (χ0v) is 15.9. The predicted molar refractivity (Wildman–Crippen MR) is 103 cm³/mol. The van der Waals surface area contributed by atoms with Gasteiger partial charge in [0, 0.05) is 31.6 Å². The Balaban J connectivity index is 1.51. The maximum Gasteiger partial charge on any atom is 0.243 e. The minimum Gasteiger partial charge on any atom is -0.508 e. The van der Waals surface area contributed by atoms with Gasteiger partial charge in [-0.25, -0.2) is 8.42 Å². The second-order valence-electron chi connectivity index (χ2n) is 6.66. The summed E-state index contributed by atoms with van der Waals surface area (Å²) in [4.78, 5) is 12.3. The quantitative estimate of drug-likeness (QED) is 0.763. The topological polar surface area (TPSA) is 86.7 Å². The van der Waals surface area contributed by atoms with Gasteiger partial charge in [0.1, 0.15) is 5.75 Å². The van der Waals surface area contributed by atoms with Gasteiger partial charge in [0.05, 0.1) is 4.90 Å². The van der Waals surface area contributed by atoms with Gasteiger partial charge in [-0.05, 0) is 43.0 Å². The summed E-state index contributed by atoms with van der Waals surface area (Å²) in [6, 6.07) is 13.6. The Morgan fingerprint density at radius 3 is 2.37 bits per heavy atom. The summed E-state index contributed by atoms with van der Waals surface area (Å²) in [5.41, 5.74) is 1.58. The molecule has 1 amide bonds. The molecule has 1 heterocycles. The number of hydrogen-bond donors (Lipinski definition) is 2. The van der Waals surface area contributed by atoms with Gasteiger partial charge in [-0.3, -0.25) is 4.79 Å². The number of nitrogens with zero attached hydrogens (tertiary/aromatic N) is 1. The van der Waals surface area contributed by atoms with Crippen LogP contribution in [0.2, 0.25) is 0 Å². The van der Waals surface area contributed by atoms with Gasteiger partial charge in [-0.2, -0.15) is 4.31 Å². The van der Waals surface area contributed by atoms with Crippen molar-refractivity contribution in [1.82, 2.24) is 9.62 Å². The Morgan fingerprint density at radius 1 is 1.04 bits per heavy atom. The molecule has 2 aromatic rings. The number of carbonyl (C=O) groups excluding carboxylic acids is 1. The van der Waals surface area contributed by atoms with E-state index in [1.165, 1.54) is 4.31 Å². The van der Waals surface area contributed by atoms with E-state index < -0.39 is 10.0 Å². The number of phenolic OH excluding ortho intramolecular Hbond substituents is 1. The van der Waals surface area contributed by atoms with Crippen molar-refractivity contribution in [3.63, 3.8) is 0 Å². The zero-order valence-electron chi connectivity index (χ0n) is 15.1. The highest BCUT2D eigenvalue weighted by Crippen LogP contribution is 2.21. The van der Waals surface area contributed by atoms with Crippen LogP contribution in [-0.2, 0) is 27.8 Å². The number of aromatic hydroxyl groups is 1. The molecule has 0 aromatic heterocycles. The molecule has 0 spiro atoms. The molecule has 2 N–H and O–H groups in total. The Labute approximate surface area is 159 Å². The maximum absolute atomic E-state index is 12.5. The van der Waals surface area contributed by atoms with E-state index in [2.05, 4.69) is 5.32 Å². The highest BCUT2D eigenvalue weighted by Gasteiger charge is 2.26. The van der Waals surface area contributed by atoms with Crippen molar-refractivity contribution in [3.05, 3.63) is 59.7 Å². The Hall–Kier alpha value is -2.38. The minimum absolute atomic E-state index is 0.119. The largest absolute Gasteiger partial charge is 0.508 e. The first-order chi connectivity index (χ1) is 13.0. The van der Waals surface area contributed by atoms with E-state index in [0.717, 1.165) is 18.4 Å². The Kier molecular flexibility index (Phi) is 6.13. The third kappa shape index (κ3) is 4.87. The van der Waals surface area contributed by atoms with Crippen molar-refractivity contribution in [2.75, 3.05) is 13.1 Å². The lowest BCUT2D eigenvalue weighted by molar-refractivity contribution is -0.121. The summed E-state index contributed by atoms with van der Waals surface area (Å²) >= 11 is 0. The van der Waals surface area contributed by atoms with Gasteiger partial charge in [0.2, 0.25) is 15.9 Å². The lowest BCUT2D eigenvalue weighted by Gasteiger charge is -2.15. The van der Waals surface area contributed by atoms with E-state index >= 15 is 0 Å². The van der Waals surface area contributed by atoms with Crippen LogP contribution >= 0.6 is 0 Å². The molecule has 0 unspecified atom stereocenters. The van der Waals surface area contributed by atoms with Crippen molar-refractivity contribution >= 4 is 15.9 Å². The van der Waals surface area contributed by atoms with Crippen LogP contribution in [0.3, 0.4) is 0 Å². The molecule has 1 aliphatic rings. The van der Waals surface area contributed by atoms with E-state index in [4.69, 9.17) is 0 Å². The fraction of sp³-hybridized carbons (Fsp3) is 0.350. The van der Waals surface area contributed by atoms with Crippen LogP contribution in [-0.4, -0.2) is 36.8 Å². The van der Waals surface area contributed by atoms with E-state index in [1.807, 2.05) is 0 Å². The highest BCUT2D eigenvalue weighted by molar-refractivity contribution is 7.89. The molecule has 2 aromatic carbocycles. The number of rotatable bonds is 7. The molecule has 1 fully saturated rings. The SMILES string of the molecule is O=C(CCc1ccc(S(=O)(=O)N2CCCC2)cc1)NCc1ccccc1O. The smallest absolute Gasteiger partial charge is 0.243 e. The van der Waals surface area contributed by atoms with Crippen LogP contribution < -0.4 is 5.32 Å². The van der Waals surface area contributed by atoms with Crippen LogP contribution in [0.15, 0.2) is 53.4 Å². The molecule has 0 radical (unpaired) electrons. The molecule has 144 valence electrons. The molecular weight excluding hydrogens is 364 g/mol. The second kappa shape index (κ2) is 8.54. The summed E-state index contributed by atoms with van der Waals surface area (Å²) in [6.07, 6.45) is 2.64. The molecule has 7 heteroatoms. The van der Waals surface area contributed by atoms with Crippen LogP contribution in [0.5, 0.6) is 5.75 Å². The summed E-state index contributed by atoms with van der Waals surface area (Å²) < 4.78 is 26.5. The van der Waals surface area contributed by atoms with Crippen LogP contribution in [0.4, 0.5) is 0 Å². The fourth-order valence-corrected chi connectivity index (χ4v) is 4.62. The normalized spacial score (nSPS) is 15.0. The van der Waals surface area contributed by atoms with Crippen LogP contribution in [0.1, 0.15) is 30.4 Å². The molecule has 0 bridgehead atoms. The van der Waals surface area contributed by atoms with Crippen LogP contribution in [0.25, 0.3) is 0 Å².